The highest BCUT2D eigenvalue weighted by molar-refractivity contribution is 5.70. The van der Waals surface area contributed by atoms with E-state index in [0.717, 1.165) is 38.2 Å². The molecule has 1 aliphatic rings. The summed E-state index contributed by atoms with van der Waals surface area (Å²) >= 11 is 0. The van der Waals surface area contributed by atoms with Crippen LogP contribution in [0.25, 0.3) is 0 Å². The van der Waals surface area contributed by atoms with Gasteiger partial charge in [-0.05, 0) is 43.3 Å². The number of carbonyl (C=O) groups excluding carboxylic acids is 1. The molecule has 1 saturated heterocycles. The van der Waals surface area contributed by atoms with Gasteiger partial charge in [0.05, 0.1) is 5.56 Å². The van der Waals surface area contributed by atoms with Gasteiger partial charge in [0, 0.05) is 38.4 Å². The Bertz CT molecular complexity index is 802. The summed E-state index contributed by atoms with van der Waals surface area (Å²) in [5.41, 5.74) is -0.845. The van der Waals surface area contributed by atoms with Crippen LogP contribution in [0.2, 0.25) is 0 Å². The van der Waals surface area contributed by atoms with Gasteiger partial charge in [-0.1, -0.05) is 6.92 Å². The molecule has 156 valence electrons. The van der Waals surface area contributed by atoms with Crippen LogP contribution in [0.1, 0.15) is 18.9 Å². The molecule has 3 rings (SSSR count). The fourth-order valence-electron chi connectivity index (χ4n) is 2.94. The average Bonchev–Trinajstić information content (AvgIpc) is 2.70. The summed E-state index contributed by atoms with van der Waals surface area (Å²) in [7, 11) is 0. The van der Waals surface area contributed by atoms with Crippen LogP contribution in [0, 0.1) is 0 Å². The molecule has 2 heterocycles. The minimum atomic E-state index is -4.44. The van der Waals surface area contributed by atoms with Gasteiger partial charge in [-0.2, -0.15) is 13.2 Å². The smallest absolute Gasteiger partial charge is 0.417 e. The van der Waals surface area contributed by atoms with E-state index in [1.54, 1.807) is 29.2 Å². The first-order valence-electron chi connectivity index (χ1n) is 9.35. The number of piperazine rings is 1. The van der Waals surface area contributed by atoms with E-state index in [0.29, 0.717) is 30.8 Å². The van der Waals surface area contributed by atoms with Crippen LogP contribution in [0.4, 0.5) is 18.0 Å². The van der Waals surface area contributed by atoms with Crippen LogP contribution in [0.5, 0.6) is 17.4 Å². The fourth-order valence-corrected chi connectivity index (χ4v) is 2.94. The Morgan fingerprint density at radius 1 is 1.03 bits per heavy atom. The number of ether oxygens (including phenoxy) is 2. The van der Waals surface area contributed by atoms with Crippen molar-refractivity contribution in [1.29, 1.82) is 0 Å². The lowest BCUT2D eigenvalue weighted by atomic mass is 10.3. The van der Waals surface area contributed by atoms with Gasteiger partial charge in [0.15, 0.2) is 0 Å². The lowest BCUT2D eigenvalue weighted by Gasteiger charge is -2.33. The monoisotopic (exact) mass is 409 g/mol. The van der Waals surface area contributed by atoms with Gasteiger partial charge in [0.25, 0.3) is 0 Å². The van der Waals surface area contributed by atoms with Gasteiger partial charge in [0.1, 0.15) is 11.5 Å². The number of nitrogens with zero attached hydrogens (tertiary/aromatic N) is 3. The van der Waals surface area contributed by atoms with Gasteiger partial charge >= 0.3 is 12.3 Å². The first-order chi connectivity index (χ1) is 13.8. The van der Waals surface area contributed by atoms with E-state index in [1.165, 1.54) is 0 Å². The zero-order chi connectivity index (χ0) is 20.9. The molecule has 1 fully saturated rings. The summed E-state index contributed by atoms with van der Waals surface area (Å²) in [5, 5.41) is 0. The maximum Gasteiger partial charge on any atom is 0.417 e. The Kier molecular flexibility index (Phi) is 6.58. The fraction of sp³-hybridized carbons (Fsp3) is 0.400. The van der Waals surface area contributed by atoms with E-state index in [4.69, 9.17) is 9.47 Å². The number of benzene rings is 1. The van der Waals surface area contributed by atoms with Crippen molar-refractivity contribution >= 4 is 6.09 Å². The highest BCUT2D eigenvalue weighted by Crippen LogP contribution is 2.30. The van der Waals surface area contributed by atoms with Crippen molar-refractivity contribution in [2.75, 3.05) is 32.7 Å². The first-order valence-corrected chi connectivity index (χ1v) is 9.35. The van der Waals surface area contributed by atoms with Crippen LogP contribution in [-0.4, -0.2) is 53.6 Å². The molecule has 29 heavy (non-hydrogen) atoms. The predicted molar refractivity (Wildman–Crippen MR) is 100 cm³/mol. The molecular weight excluding hydrogens is 387 g/mol. The van der Waals surface area contributed by atoms with Crippen molar-refractivity contribution < 1.29 is 27.4 Å². The van der Waals surface area contributed by atoms with Crippen molar-refractivity contribution in [3.63, 3.8) is 0 Å². The van der Waals surface area contributed by atoms with Crippen LogP contribution < -0.4 is 9.47 Å². The molecule has 0 unspecified atom stereocenters. The Morgan fingerprint density at radius 2 is 1.69 bits per heavy atom. The Hall–Kier alpha value is -2.81. The maximum atomic E-state index is 12.6. The van der Waals surface area contributed by atoms with Crippen molar-refractivity contribution in [1.82, 2.24) is 14.8 Å². The average molecular weight is 409 g/mol. The van der Waals surface area contributed by atoms with Crippen LogP contribution in [0.15, 0.2) is 42.6 Å². The third kappa shape index (κ3) is 5.83. The standard InChI is InChI=1S/C20H22F3N3O3/c1-2-9-25-10-12-26(13-11-25)19(27)29-17-6-4-16(5-7-17)28-18-8-3-15(14-24-18)20(21,22)23/h3-8,14H,2,9-13H2,1H3. The summed E-state index contributed by atoms with van der Waals surface area (Å²) in [6.45, 7) is 6.06. The van der Waals surface area contributed by atoms with Crippen LogP contribution >= 0.6 is 0 Å². The van der Waals surface area contributed by atoms with Crippen molar-refractivity contribution in [3.8, 4) is 17.4 Å². The topological polar surface area (TPSA) is 54.9 Å². The summed E-state index contributed by atoms with van der Waals surface area (Å²) in [6.07, 6.45) is -3.05. The molecule has 9 heteroatoms. The van der Waals surface area contributed by atoms with E-state index in [2.05, 4.69) is 16.8 Å². The third-order valence-corrected chi connectivity index (χ3v) is 4.49. The number of amides is 1. The lowest BCUT2D eigenvalue weighted by molar-refractivity contribution is -0.137. The number of pyridine rings is 1. The molecule has 0 atom stereocenters. The van der Waals surface area contributed by atoms with Crippen molar-refractivity contribution in [2.24, 2.45) is 0 Å². The number of rotatable bonds is 5. The van der Waals surface area contributed by atoms with E-state index in [9.17, 15) is 18.0 Å². The Morgan fingerprint density at radius 3 is 2.24 bits per heavy atom. The highest BCUT2D eigenvalue weighted by atomic mass is 19.4. The van der Waals surface area contributed by atoms with Gasteiger partial charge in [-0.3, -0.25) is 4.90 Å². The quantitative estimate of drug-likeness (QED) is 0.732. The number of halogens is 3. The van der Waals surface area contributed by atoms with Crippen LogP contribution in [0.3, 0.4) is 0 Å². The molecule has 0 N–H and O–H groups in total. The van der Waals surface area contributed by atoms with Gasteiger partial charge in [0.2, 0.25) is 5.88 Å². The molecule has 0 radical (unpaired) electrons. The molecule has 1 amide bonds. The Balaban J connectivity index is 1.52. The van der Waals surface area contributed by atoms with Crippen molar-refractivity contribution in [2.45, 2.75) is 19.5 Å². The van der Waals surface area contributed by atoms with E-state index in [1.807, 2.05) is 0 Å². The van der Waals surface area contributed by atoms with Gasteiger partial charge in [-0.25, -0.2) is 9.78 Å². The second-order valence-electron chi connectivity index (χ2n) is 6.65. The zero-order valence-corrected chi connectivity index (χ0v) is 16.0. The largest absolute Gasteiger partial charge is 0.439 e. The van der Waals surface area contributed by atoms with Crippen LogP contribution in [-0.2, 0) is 6.18 Å². The summed E-state index contributed by atoms with van der Waals surface area (Å²) in [4.78, 5) is 19.9. The normalized spacial score (nSPS) is 15.2. The number of alkyl halides is 3. The molecule has 1 aromatic heterocycles. The highest BCUT2D eigenvalue weighted by Gasteiger charge is 2.30. The van der Waals surface area contributed by atoms with Crippen molar-refractivity contribution in [3.05, 3.63) is 48.2 Å². The number of hydrogen-bond acceptors (Lipinski definition) is 5. The first kappa shape index (κ1) is 20.9. The Labute approximate surface area is 166 Å². The summed E-state index contributed by atoms with van der Waals surface area (Å²) in [5.74, 6) is 0.761. The third-order valence-electron chi connectivity index (χ3n) is 4.49. The minimum Gasteiger partial charge on any atom is -0.439 e. The van der Waals surface area contributed by atoms with E-state index < -0.39 is 17.8 Å². The molecule has 0 saturated carbocycles. The number of aromatic nitrogens is 1. The molecule has 0 bridgehead atoms. The summed E-state index contributed by atoms with van der Waals surface area (Å²) < 4.78 is 48.5. The number of hydrogen-bond donors (Lipinski definition) is 0. The minimum absolute atomic E-state index is 0.0349. The maximum absolute atomic E-state index is 12.6. The molecular formula is C20H22F3N3O3. The molecule has 0 spiro atoms. The SMILES string of the molecule is CCCN1CCN(C(=O)Oc2ccc(Oc3ccc(C(F)(F)F)cn3)cc2)CC1. The van der Waals surface area contributed by atoms with E-state index in [-0.39, 0.29) is 5.88 Å². The van der Waals surface area contributed by atoms with Gasteiger partial charge < -0.3 is 14.4 Å². The number of carbonyl (C=O) groups is 1. The predicted octanol–water partition coefficient (Wildman–Crippen LogP) is 4.42. The molecule has 0 aliphatic carbocycles. The second-order valence-corrected chi connectivity index (χ2v) is 6.65. The molecule has 1 aliphatic heterocycles. The second kappa shape index (κ2) is 9.13. The van der Waals surface area contributed by atoms with Gasteiger partial charge in [-0.15, -0.1) is 0 Å². The molecule has 6 nitrogen and oxygen atoms in total. The lowest BCUT2D eigenvalue weighted by Crippen LogP contribution is -2.49. The zero-order valence-electron chi connectivity index (χ0n) is 16.0. The molecule has 1 aromatic carbocycles. The summed E-state index contributed by atoms with van der Waals surface area (Å²) in [6, 6.07) is 8.28. The molecule has 2 aromatic rings. The van der Waals surface area contributed by atoms with E-state index >= 15 is 0 Å².